The molecular formula is C12H8Cl2N4O2. The topological polar surface area (TPSA) is 89.2 Å². The lowest BCUT2D eigenvalue weighted by atomic mass is 10.3. The molecule has 0 spiro atoms. The minimum absolute atomic E-state index is 0.174. The van der Waals surface area contributed by atoms with E-state index < -0.39 is 11.8 Å². The van der Waals surface area contributed by atoms with Crippen LogP contribution < -0.4 is 10.6 Å². The molecule has 2 aromatic rings. The van der Waals surface area contributed by atoms with Gasteiger partial charge in [0.2, 0.25) is 0 Å². The molecule has 20 heavy (non-hydrogen) atoms. The predicted octanol–water partition coefficient (Wildman–Crippen LogP) is 1.93. The van der Waals surface area contributed by atoms with Crippen molar-refractivity contribution in [1.82, 2.24) is 9.97 Å². The van der Waals surface area contributed by atoms with Gasteiger partial charge in [0, 0.05) is 12.4 Å². The Balaban J connectivity index is 2.49. The minimum Gasteiger partial charge on any atom is -0.361 e. The van der Waals surface area contributed by atoms with Crippen molar-refractivity contribution in [1.29, 1.82) is 0 Å². The molecule has 0 aromatic carbocycles. The first-order valence-corrected chi connectivity index (χ1v) is 6.11. The number of hydrogen-bond donors (Lipinski definition) is 1. The average Bonchev–Trinajstić information content (AvgIpc) is 2.43. The number of carbonyl (C=O) groups excluding carboxylic acids is 2. The summed E-state index contributed by atoms with van der Waals surface area (Å²) in [4.78, 5) is 32.0. The lowest BCUT2D eigenvalue weighted by Crippen LogP contribution is -2.38. The molecule has 8 heteroatoms. The SMILES string of the molecule is NC(=O)C(=O)N(c1ccc(Cl)cn1)c1ccc(Cl)cn1. The van der Waals surface area contributed by atoms with Gasteiger partial charge in [-0.05, 0) is 24.3 Å². The highest BCUT2D eigenvalue weighted by Gasteiger charge is 2.24. The maximum absolute atomic E-state index is 11.9. The van der Waals surface area contributed by atoms with Crippen molar-refractivity contribution in [3.63, 3.8) is 0 Å². The van der Waals surface area contributed by atoms with Gasteiger partial charge in [0.15, 0.2) is 0 Å². The predicted molar refractivity (Wildman–Crippen MR) is 74.8 cm³/mol. The Morgan fingerprint density at radius 2 is 1.40 bits per heavy atom. The van der Waals surface area contributed by atoms with Gasteiger partial charge in [0.05, 0.1) is 10.0 Å². The van der Waals surface area contributed by atoms with E-state index in [9.17, 15) is 9.59 Å². The summed E-state index contributed by atoms with van der Waals surface area (Å²) in [6.07, 6.45) is 2.68. The largest absolute Gasteiger partial charge is 0.361 e. The van der Waals surface area contributed by atoms with E-state index in [2.05, 4.69) is 9.97 Å². The standard InChI is InChI=1S/C12H8Cl2N4O2/c13-7-1-3-9(16-5-7)18(12(20)11(15)19)10-4-2-8(14)6-17-10/h1-6H,(H2,15,19). The minimum atomic E-state index is -1.13. The summed E-state index contributed by atoms with van der Waals surface area (Å²) < 4.78 is 0. The van der Waals surface area contributed by atoms with Crippen LogP contribution in [0.4, 0.5) is 11.6 Å². The summed E-state index contributed by atoms with van der Waals surface area (Å²) >= 11 is 11.5. The fraction of sp³-hybridized carbons (Fsp3) is 0. The molecular weight excluding hydrogens is 303 g/mol. The van der Waals surface area contributed by atoms with E-state index in [1.54, 1.807) is 0 Å². The summed E-state index contributed by atoms with van der Waals surface area (Å²) in [5, 5.41) is 0.786. The highest BCUT2D eigenvalue weighted by atomic mass is 35.5. The van der Waals surface area contributed by atoms with Crippen LogP contribution in [0.1, 0.15) is 0 Å². The molecule has 0 bridgehead atoms. The van der Waals surface area contributed by atoms with Crippen LogP contribution in [-0.2, 0) is 9.59 Å². The summed E-state index contributed by atoms with van der Waals surface area (Å²) in [7, 11) is 0. The molecule has 0 saturated heterocycles. The lowest BCUT2D eigenvalue weighted by Gasteiger charge is -2.19. The summed E-state index contributed by atoms with van der Waals surface area (Å²) in [6, 6.07) is 6.00. The third-order valence-electron chi connectivity index (χ3n) is 2.30. The number of nitrogens with two attached hydrogens (primary N) is 1. The molecule has 2 N–H and O–H groups in total. The maximum atomic E-state index is 11.9. The van der Waals surface area contributed by atoms with Gasteiger partial charge in [-0.1, -0.05) is 23.2 Å². The Kier molecular flexibility index (Phi) is 4.16. The molecule has 2 aromatic heterocycles. The number of aromatic nitrogens is 2. The molecule has 0 aliphatic carbocycles. The Labute approximate surface area is 124 Å². The number of carbonyl (C=O) groups is 2. The van der Waals surface area contributed by atoms with Crippen molar-refractivity contribution in [2.24, 2.45) is 5.73 Å². The van der Waals surface area contributed by atoms with Crippen LogP contribution >= 0.6 is 23.2 Å². The zero-order valence-corrected chi connectivity index (χ0v) is 11.5. The summed E-state index contributed by atoms with van der Waals surface area (Å²) in [5.74, 6) is -1.74. The number of pyridine rings is 2. The smallest absolute Gasteiger partial charge is 0.323 e. The van der Waals surface area contributed by atoms with Crippen molar-refractivity contribution in [3.8, 4) is 0 Å². The van der Waals surface area contributed by atoms with Gasteiger partial charge in [0.25, 0.3) is 0 Å². The van der Waals surface area contributed by atoms with Crippen LogP contribution in [0, 0.1) is 0 Å². The van der Waals surface area contributed by atoms with E-state index in [1.807, 2.05) is 0 Å². The van der Waals surface area contributed by atoms with Gasteiger partial charge in [0.1, 0.15) is 11.6 Å². The van der Waals surface area contributed by atoms with Crippen LogP contribution in [0.3, 0.4) is 0 Å². The highest BCUT2D eigenvalue weighted by Crippen LogP contribution is 2.23. The lowest BCUT2D eigenvalue weighted by molar-refractivity contribution is -0.135. The Hall–Kier alpha value is -2.18. The Morgan fingerprint density at radius 3 is 1.70 bits per heavy atom. The number of hydrogen-bond acceptors (Lipinski definition) is 4. The first-order chi connectivity index (χ1) is 9.49. The zero-order chi connectivity index (χ0) is 14.7. The highest BCUT2D eigenvalue weighted by molar-refractivity contribution is 6.41. The van der Waals surface area contributed by atoms with Gasteiger partial charge in [-0.25, -0.2) is 14.9 Å². The second-order valence-corrected chi connectivity index (χ2v) is 4.55. The van der Waals surface area contributed by atoms with Gasteiger partial charge in [-0.15, -0.1) is 0 Å². The molecule has 0 unspecified atom stereocenters. The number of halogens is 2. The first-order valence-electron chi connectivity index (χ1n) is 5.36. The van der Waals surface area contributed by atoms with Crippen molar-refractivity contribution >= 4 is 46.7 Å². The molecule has 2 rings (SSSR count). The molecule has 0 radical (unpaired) electrons. The van der Waals surface area contributed by atoms with E-state index in [1.165, 1.54) is 36.7 Å². The van der Waals surface area contributed by atoms with Gasteiger partial charge >= 0.3 is 11.8 Å². The second kappa shape index (κ2) is 5.85. The van der Waals surface area contributed by atoms with E-state index in [0.29, 0.717) is 10.0 Å². The number of rotatable bonds is 2. The average molecular weight is 311 g/mol. The number of amides is 2. The third kappa shape index (κ3) is 3.04. The Bertz CT molecular complexity index is 598. The van der Waals surface area contributed by atoms with Gasteiger partial charge in [-0.2, -0.15) is 0 Å². The molecule has 2 amide bonds. The zero-order valence-electron chi connectivity index (χ0n) is 9.96. The Morgan fingerprint density at radius 1 is 0.950 bits per heavy atom. The van der Waals surface area contributed by atoms with Gasteiger partial charge < -0.3 is 5.73 Å². The summed E-state index contributed by atoms with van der Waals surface area (Å²) in [5.41, 5.74) is 5.03. The van der Waals surface area contributed by atoms with E-state index in [0.717, 1.165) is 4.90 Å². The quantitative estimate of drug-likeness (QED) is 0.858. The molecule has 0 saturated carbocycles. The van der Waals surface area contributed by atoms with Crippen LogP contribution in [0.2, 0.25) is 10.0 Å². The van der Waals surface area contributed by atoms with Gasteiger partial charge in [-0.3, -0.25) is 9.59 Å². The third-order valence-corrected chi connectivity index (χ3v) is 2.74. The fourth-order valence-electron chi connectivity index (χ4n) is 1.44. The number of primary amides is 1. The molecule has 0 fully saturated rings. The first kappa shape index (κ1) is 14.2. The fourth-order valence-corrected chi connectivity index (χ4v) is 1.66. The molecule has 102 valence electrons. The maximum Gasteiger partial charge on any atom is 0.323 e. The van der Waals surface area contributed by atoms with E-state index >= 15 is 0 Å². The van der Waals surface area contributed by atoms with Crippen molar-refractivity contribution in [3.05, 3.63) is 46.7 Å². The molecule has 6 nitrogen and oxygen atoms in total. The summed E-state index contributed by atoms with van der Waals surface area (Å²) in [6.45, 7) is 0. The van der Waals surface area contributed by atoms with Crippen LogP contribution in [-0.4, -0.2) is 21.8 Å². The number of nitrogens with zero attached hydrogens (tertiary/aromatic N) is 3. The van der Waals surface area contributed by atoms with E-state index in [4.69, 9.17) is 28.9 Å². The van der Waals surface area contributed by atoms with Crippen molar-refractivity contribution in [2.45, 2.75) is 0 Å². The molecule has 0 aliphatic heterocycles. The number of anilines is 2. The van der Waals surface area contributed by atoms with Crippen LogP contribution in [0.15, 0.2) is 36.7 Å². The second-order valence-electron chi connectivity index (χ2n) is 3.67. The van der Waals surface area contributed by atoms with Crippen LogP contribution in [0.5, 0.6) is 0 Å². The van der Waals surface area contributed by atoms with Crippen LogP contribution in [0.25, 0.3) is 0 Å². The normalized spacial score (nSPS) is 10.1. The molecule has 2 heterocycles. The molecule has 0 aliphatic rings. The monoisotopic (exact) mass is 310 g/mol. The van der Waals surface area contributed by atoms with Crippen molar-refractivity contribution in [2.75, 3.05) is 4.90 Å². The van der Waals surface area contributed by atoms with Crippen molar-refractivity contribution < 1.29 is 9.59 Å². The van der Waals surface area contributed by atoms with E-state index in [-0.39, 0.29) is 11.6 Å². The molecule has 0 atom stereocenters.